The van der Waals surface area contributed by atoms with Gasteiger partial charge in [-0.25, -0.2) is 0 Å². The number of hydrogen-bond donors (Lipinski definition) is 1. The lowest BCUT2D eigenvalue weighted by Crippen LogP contribution is -2.28. The van der Waals surface area contributed by atoms with E-state index in [1.165, 1.54) is 11.1 Å². The van der Waals surface area contributed by atoms with Crippen molar-refractivity contribution in [1.29, 1.82) is 0 Å². The lowest BCUT2D eigenvalue weighted by molar-refractivity contribution is 0.0945. The third-order valence-corrected chi connectivity index (χ3v) is 6.83. The predicted molar refractivity (Wildman–Crippen MR) is 127 cm³/mol. The highest BCUT2D eigenvalue weighted by Gasteiger charge is 2.18. The zero-order chi connectivity index (χ0) is 21.1. The molecule has 0 aliphatic carbocycles. The van der Waals surface area contributed by atoms with Crippen LogP contribution in [0.3, 0.4) is 0 Å². The van der Waals surface area contributed by atoms with E-state index in [4.69, 9.17) is 4.74 Å². The minimum Gasteiger partial charge on any atom is -0.496 e. The van der Waals surface area contributed by atoms with Crippen LogP contribution in [0.1, 0.15) is 27.2 Å². The highest BCUT2D eigenvalue weighted by molar-refractivity contribution is 9.11. The number of thiophene rings is 1. The average Bonchev–Trinajstić information content (AvgIpc) is 3.26. The van der Waals surface area contributed by atoms with Gasteiger partial charge >= 0.3 is 0 Å². The second-order valence-corrected chi connectivity index (χ2v) is 9.62. The van der Waals surface area contributed by atoms with E-state index in [1.807, 2.05) is 42.5 Å². The highest BCUT2D eigenvalue weighted by atomic mass is 79.9. The summed E-state index contributed by atoms with van der Waals surface area (Å²) >= 11 is 5.22. The van der Waals surface area contributed by atoms with Crippen molar-refractivity contribution in [2.75, 3.05) is 13.7 Å². The summed E-state index contributed by atoms with van der Waals surface area (Å²) in [5.41, 5.74) is 5.27. The van der Waals surface area contributed by atoms with E-state index in [0.29, 0.717) is 25.2 Å². The summed E-state index contributed by atoms with van der Waals surface area (Å²) < 4.78 is 9.68. The van der Waals surface area contributed by atoms with Crippen LogP contribution < -0.4 is 10.1 Å². The second kappa shape index (κ2) is 9.06. The number of rotatable bonds is 7. The third-order valence-electron chi connectivity index (χ3n) is 5.25. The normalized spacial score (nSPS) is 11.0. The molecule has 0 saturated carbocycles. The first kappa shape index (κ1) is 20.7. The molecule has 0 atom stereocenters. The Kier molecular flexibility index (Phi) is 6.25. The van der Waals surface area contributed by atoms with E-state index < -0.39 is 0 Å². The first-order valence-electron chi connectivity index (χ1n) is 9.80. The fraction of sp³-hybridized carbons (Fsp3) is 0.208. The molecule has 0 unspecified atom stereocenters. The number of methoxy groups -OCH3 is 1. The van der Waals surface area contributed by atoms with Crippen LogP contribution in [-0.2, 0) is 13.0 Å². The molecule has 1 amide bonds. The summed E-state index contributed by atoms with van der Waals surface area (Å²) in [7, 11) is 1.67. The van der Waals surface area contributed by atoms with Crippen LogP contribution in [0.15, 0.2) is 64.5 Å². The van der Waals surface area contributed by atoms with E-state index >= 15 is 0 Å². The Labute approximate surface area is 188 Å². The fourth-order valence-electron chi connectivity index (χ4n) is 3.64. The Balaban J connectivity index is 1.56. The topological polar surface area (TPSA) is 43.3 Å². The SMILES string of the molecule is COc1ccccc1CCNC(=O)c1cc2sc(Br)cc2n1Cc1ccccc1C. The molecule has 4 nitrogen and oxygen atoms in total. The molecule has 0 spiro atoms. The Bertz CT molecular complexity index is 1200. The van der Waals surface area contributed by atoms with Crippen LogP contribution >= 0.6 is 27.3 Å². The van der Waals surface area contributed by atoms with Gasteiger partial charge in [0.05, 0.1) is 21.1 Å². The molecule has 0 radical (unpaired) electrons. The van der Waals surface area contributed by atoms with E-state index in [1.54, 1.807) is 18.4 Å². The summed E-state index contributed by atoms with van der Waals surface area (Å²) in [6.07, 6.45) is 0.716. The molecule has 0 aliphatic heterocycles. The standard InChI is InChI=1S/C24H23BrN2O2S/c1-16-7-3-4-9-18(16)15-27-19-14-23(25)30-22(19)13-20(27)24(28)26-12-11-17-8-5-6-10-21(17)29-2/h3-10,13-14H,11-12,15H2,1-2H3,(H,26,28). The number of aromatic nitrogens is 1. The zero-order valence-corrected chi connectivity index (χ0v) is 19.3. The van der Waals surface area contributed by atoms with Gasteiger partial charge in [-0.15, -0.1) is 11.3 Å². The van der Waals surface area contributed by atoms with Gasteiger partial charge in [0.2, 0.25) is 0 Å². The van der Waals surface area contributed by atoms with Gasteiger partial charge in [-0.2, -0.15) is 0 Å². The molecule has 0 fully saturated rings. The fourth-order valence-corrected chi connectivity index (χ4v) is 5.20. The molecule has 4 rings (SSSR count). The maximum absolute atomic E-state index is 13.1. The van der Waals surface area contributed by atoms with Gasteiger partial charge in [0.15, 0.2) is 0 Å². The molecule has 0 saturated heterocycles. The minimum absolute atomic E-state index is 0.0574. The van der Waals surface area contributed by atoms with Crippen LogP contribution in [0.5, 0.6) is 5.75 Å². The van der Waals surface area contributed by atoms with Gasteiger partial charge in [-0.05, 0) is 64.2 Å². The number of nitrogens with zero attached hydrogens (tertiary/aromatic N) is 1. The molecule has 1 N–H and O–H groups in total. The number of ether oxygens (including phenoxy) is 1. The largest absolute Gasteiger partial charge is 0.496 e. The quantitative estimate of drug-likeness (QED) is 0.361. The Morgan fingerprint density at radius 2 is 1.83 bits per heavy atom. The molecular weight excluding hydrogens is 460 g/mol. The number of para-hydroxylation sites is 1. The number of nitrogens with one attached hydrogen (secondary N) is 1. The number of carbonyl (C=O) groups excluding carboxylic acids is 1. The molecule has 30 heavy (non-hydrogen) atoms. The minimum atomic E-state index is -0.0574. The van der Waals surface area contributed by atoms with Gasteiger partial charge in [0.1, 0.15) is 11.4 Å². The van der Waals surface area contributed by atoms with Crippen molar-refractivity contribution in [3.8, 4) is 5.75 Å². The summed E-state index contributed by atoms with van der Waals surface area (Å²) in [5, 5.41) is 3.08. The van der Waals surface area contributed by atoms with Crippen molar-refractivity contribution in [1.82, 2.24) is 9.88 Å². The molecular formula is C24H23BrN2O2S. The maximum atomic E-state index is 13.1. The molecule has 4 aromatic rings. The van der Waals surface area contributed by atoms with Gasteiger partial charge < -0.3 is 14.6 Å². The monoisotopic (exact) mass is 482 g/mol. The van der Waals surface area contributed by atoms with Crippen molar-refractivity contribution in [2.24, 2.45) is 0 Å². The van der Waals surface area contributed by atoms with Crippen molar-refractivity contribution in [3.05, 3.63) is 86.8 Å². The van der Waals surface area contributed by atoms with E-state index in [0.717, 1.165) is 25.3 Å². The molecule has 154 valence electrons. The summed E-state index contributed by atoms with van der Waals surface area (Å²) in [4.78, 5) is 13.1. The molecule has 2 aromatic heterocycles. The van der Waals surface area contributed by atoms with Crippen LogP contribution in [0.4, 0.5) is 0 Å². The van der Waals surface area contributed by atoms with Crippen molar-refractivity contribution in [3.63, 3.8) is 0 Å². The van der Waals surface area contributed by atoms with Crippen molar-refractivity contribution < 1.29 is 9.53 Å². The summed E-state index contributed by atoms with van der Waals surface area (Å²) in [6.45, 7) is 3.31. The molecule has 2 aromatic carbocycles. The van der Waals surface area contributed by atoms with Crippen molar-refractivity contribution >= 4 is 43.4 Å². The summed E-state index contributed by atoms with van der Waals surface area (Å²) in [5.74, 6) is 0.790. The Hall–Kier alpha value is -2.57. The lowest BCUT2D eigenvalue weighted by atomic mass is 10.1. The number of halogens is 1. The van der Waals surface area contributed by atoms with Gasteiger partial charge in [-0.3, -0.25) is 4.79 Å². The molecule has 0 aliphatic rings. The smallest absolute Gasteiger partial charge is 0.267 e. The number of hydrogen-bond acceptors (Lipinski definition) is 3. The molecule has 0 bridgehead atoms. The molecule has 6 heteroatoms. The third kappa shape index (κ3) is 4.30. The highest BCUT2D eigenvalue weighted by Crippen LogP contribution is 2.33. The number of benzene rings is 2. The van der Waals surface area contributed by atoms with Gasteiger partial charge in [0, 0.05) is 13.1 Å². The van der Waals surface area contributed by atoms with Crippen LogP contribution in [-0.4, -0.2) is 24.1 Å². The Morgan fingerprint density at radius 3 is 2.60 bits per heavy atom. The van der Waals surface area contributed by atoms with Crippen LogP contribution in [0, 0.1) is 6.92 Å². The van der Waals surface area contributed by atoms with Gasteiger partial charge in [-0.1, -0.05) is 42.5 Å². The van der Waals surface area contributed by atoms with Crippen molar-refractivity contribution in [2.45, 2.75) is 19.9 Å². The average molecular weight is 483 g/mol. The number of carbonyl (C=O) groups is 1. The van der Waals surface area contributed by atoms with Crippen LogP contribution in [0.25, 0.3) is 10.2 Å². The lowest BCUT2D eigenvalue weighted by Gasteiger charge is -2.13. The van der Waals surface area contributed by atoms with E-state index in [-0.39, 0.29) is 5.91 Å². The summed E-state index contributed by atoms with van der Waals surface area (Å²) in [6, 6.07) is 20.3. The van der Waals surface area contributed by atoms with E-state index in [9.17, 15) is 4.79 Å². The molecule has 2 heterocycles. The zero-order valence-electron chi connectivity index (χ0n) is 16.9. The van der Waals surface area contributed by atoms with Crippen LogP contribution in [0.2, 0.25) is 0 Å². The Morgan fingerprint density at radius 1 is 1.10 bits per heavy atom. The first-order valence-corrected chi connectivity index (χ1v) is 11.4. The number of fused-ring (bicyclic) bond motifs is 1. The maximum Gasteiger partial charge on any atom is 0.267 e. The second-order valence-electron chi connectivity index (χ2n) is 7.16. The van der Waals surface area contributed by atoms with Gasteiger partial charge in [0.25, 0.3) is 5.91 Å². The predicted octanol–water partition coefficient (Wildman–Crippen LogP) is 5.80. The van der Waals surface area contributed by atoms with E-state index in [2.05, 4.69) is 50.9 Å². The number of aryl methyl sites for hydroxylation is 1. The number of amides is 1. The first-order chi connectivity index (χ1) is 14.6.